The molecule has 2 rings (SSSR count). The third-order valence-corrected chi connectivity index (χ3v) is 4.06. The van der Waals surface area contributed by atoms with E-state index >= 15 is 0 Å². The van der Waals surface area contributed by atoms with Crippen molar-refractivity contribution in [2.75, 3.05) is 26.3 Å². The Bertz CT molecular complexity index is 512. The minimum atomic E-state index is 0.515. The first-order valence-corrected chi connectivity index (χ1v) is 8.41. The molecule has 1 aromatic carbocycles. The summed E-state index contributed by atoms with van der Waals surface area (Å²) in [7, 11) is 0. The maximum absolute atomic E-state index is 5.69. The van der Waals surface area contributed by atoms with Crippen LogP contribution in [-0.2, 0) is 0 Å². The van der Waals surface area contributed by atoms with Crippen LogP contribution in [0.2, 0.25) is 0 Å². The molecule has 0 unspecified atom stereocenters. The van der Waals surface area contributed by atoms with Crippen LogP contribution in [0.4, 0.5) is 0 Å². The second kappa shape index (κ2) is 7.85. The van der Waals surface area contributed by atoms with E-state index in [1.165, 1.54) is 5.57 Å². The lowest BCUT2D eigenvalue weighted by Gasteiger charge is -2.20. The molecule has 3 nitrogen and oxygen atoms in total. The van der Waals surface area contributed by atoms with Crippen LogP contribution in [0, 0.1) is 5.92 Å². The van der Waals surface area contributed by atoms with Gasteiger partial charge in [-0.25, -0.2) is 0 Å². The van der Waals surface area contributed by atoms with Gasteiger partial charge in [0, 0.05) is 6.54 Å². The summed E-state index contributed by atoms with van der Waals surface area (Å²) in [5.74, 6) is 2.15. The van der Waals surface area contributed by atoms with Crippen molar-refractivity contribution in [1.82, 2.24) is 5.32 Å². The maximum Gasteiger partial charge on any atom is 0.175 e. The molecule has 1 aliphatic heterocycles. The standard InChI is InChI=1S/C17H24BrNO2/c1-4-5-19-11-14(12(2)3)8-13-9-15(18)17-16(10-13)20-6-7-21-17/h8-10,12,19H,4-7,11H2,1-3H3. The van der Waals surface area contributed by atoms with Crippen molar-refractivity contribution in [3.05, 3.63) is 27.7 Å². The summed E-state index contributed by atoms with van der Waals surface area (Å²) >= 11 is 3.57. The maximum atomic E-state index is 5.69. The van der Waals surface area contributed by atoms with Gasteiger partial charge >= 0.3 is 0 Å². The highest BCUT2D eigenvalue weighted by atomic mass is 79.9. The molecule has 0 saturated carbocycles. The number of hydrogen-bond donors (Lipinski definition) is 1. The second-order valence-corrected chi connectivity index (χ2v) is 6.43. The number of fused-ring (bicyclic) bond motifs is 1. The number of hydrogen-bond acceptors (Lipinski definition) is 3. The molecule has 116 valence electrons. The normalized spacial score (nSPS) is 14.6. The number of benzene rings is 1. The first-order valence-electron chi connectivity index (χ1n) is 7.62. The fourth-order valence-corrected chi connectivity index (χ4v) is 2.83. The van der Waals surface area contributed by atoms with Crippen LogP contribution in [0.1, 0.15) is 32.8 Å². The van der Waals surface area contributed by atoms with Crippen molar-refractivity contribution in [3.63, 3.8) is 0 Å². The molecule has 0 spiro atoms. The Morgan fingerprint density at radius 3 is 2.81 bits per heavy atom. The third-order valence-electron chi connectivity index (χ3n) is 3.47. The summed E-state index contributed by atoms with van der Waals surface area (Å²) in [6.45, 7) is 9.84. The number of nitrogens with one attached hydrogen (secondary N) is 1. The summed E-state index contributed by atoms with van der Waals surface area (Å²) in [5, 5.41) is 3.48. The van der Waals surface area contributed by atoms with Gasteiger partial charge in [0.2, 0.25) is 0 Å². The lowest BCUT2D eigenvalue weighted by atomic mass is 10.00. The average Bonchev–Trinajstić information content (AvgIpc) is 2.46. The highest BCUT2D eigenvalue weighted by molar-refractivity contribution is 9.10. The molecule has 1 N–H and O–H groups in total. The van der Waals surface area contributed by atoms with E-state index in [4.69, 9.17) is 9.47 Å². The van der Waals surface area contributed by atoms with Crippen LogP contribution in [0.5, 0.6) is 11.5 Å². The van der Waals surface area contributed by atoms with E-state index in [0.29, 0.717) is 19.1 Å². The van der Waals surface area contributed by atoms with Crippen molar-refractivity contribution in [2.45, 2.75) is 27.2 Å². The zero-order valence-corrected chi connectivity index (χ0v) is 14.6. The lowest BCUT2D eigenvalue weighted by molar-refractivity contribution is 0.170. The van der Waals surface area contributed by atoms with Crippen molar-refractivity contribution in [3.8, 4) is 11.5 Å². The number of ether oxygens (including phenoxy) is 2. The van der Waals surface area contributed by atoms with Gasteiger partial charge < -0.3 is 14.8 Å². The molecule has 0 saturated heterocycles. The highest BCUT2D eigenvalue weighted by Gasteiger charge is 2.16. The summed E-state index contributed by atoms with van der Waals surface area (Å²) in [4.78, 5) is 0. The number of halogens is 1. The quantitative estimate of drug-likeness (QED) is 0.775. The molecule has 0 fully saturated rings. The summed E-state index contributed by atoms with van der Waals surface area (Å²) in [5.41, 5.74) is 2.54. The Morgan fingerprint density at radius 2 is 2.10 bits per heavy atom. The monoisotopic (exact) mass is 353 g/mol. The van der Waals surface area contributed by atoms with E-state index < -0.39 is 0 Å². The molecule has 21 heavy (non-hydrogen) atoms. The van der Waals surface area contributed by atoms with E-state index in [1.54, 1.807) is 0 Å². The summed E-state index contributed by atoms with van der Waals surface area (Å²) in [6, 6.07) is 4.15. The Labute approximate surface area is 135 Å². The van der Waals surface area contributed by atoms with E-state index in [1.807, 2.05) is 0 Å². The Morgan fingerprint density at radius 1 is 1.33 bits per heavy atom. The van der Waals surface area contributed by atoms with E-state index in [-0.39, 0.29) is 0 Å². The van der Waals surface area contributed by atoms with Crippen LogP contribution in [0.3, 0.4) is 0 Å². The van der Waals surface area contributed by atoms with Gasteiger partial charge in [-0.3, -0.25) is 0 Å². The molecule has 4 heteroatoms. The lowest BCUT2D eigenvalue weighted by Crippen LogP contribution is -2.20. The smallest absolute Gasteiger partial charge is 0.175 e. The zero-order valence-electron chi connectivity index (χ0n) is 13.0. The van der Waals surface area contributed by atoms with Crippen LogP contribution in [0.15, 0.2) is 22.2 Å². The van der Waals surface area contributed by atoms with Gasteiger partial charge in [0.05, 0.1) is 4.47 Å². The molecule has 1 aliphatic rings. The van der Waals surface area contributed by atoms with Gasteiger partial charge in [0.25, 0.3) is 0 Å². The van der Waals surface area contributed by atoms with Crippen LogP contribution < -0.4 is 14.8 Å². The third kappa shape index (κ3) is 4.48. The Balaban J connectivity index is 2.22. The predicted octanol–water partition coefficient (Wildman–Crippen LogP) is 4.26. The predicted molar refractivity (Wildman–Crippen MR) is 91.1 cm³/mol. The van der Waals surface area contributed by atoms with Gasteiger partial charge in [0.1, 0.15) is 13.2 Å². The summed E-state index contributed by atoms with van der Waals surface area (Å²) in [6.07, 6.45) is 3.40. The molecule has 0 aromatic heterocycles. The molecular weight excluding hydrogens is 330 g/mol. The minimum Gasteiger partial charge on any atom is -0.486 e. The zero-order chi connectivity index (χ0) is 15.2. The molecular formula is C17H24BrNO2. The van der Waals surface area contributed by atoms with Crippen LogP contribution in [-0.4, -0.2) is 26.3 Å². The SMILES string of the molecule is CCCNCC(=Cc1cc(Br)c2c(c1)OCCO2)C(C)C. The van der Waals surface area contributed by atoms with Crippen LogP contribution >= 0.6 is 15.9 Å². The van der Waals surface area contributed by atoms with Crippen molar-refractivity contribution < 1.29 is 9.47 Å². The van der Waals surface area contributed by atoms with Crippen LogP contribution in [0.25, 0.3) is 6.08 Å². The molecule has 0 amide bonds. The Kier molecular flexibility index (Phi) is 6.12. The van der Waals surface area contributed by atoms with Crippen molar-refractivity contribution in [2.24, 2.45) is 5.92 Å². The minimum absolute atomic E-state index is 0.515. The van der Waals surface area contributed by atoms with Gasteiger partial charge in [0.15, 0.2) is 11.5 Å². The topological polar surface area (TPSA) is 30.5 Å². The average molecular weight is 354 g/mol. The summed E-state index contributed by atoms with van der Waals surface area (Å²) < 4.78 is 12.3. The first kappa shape index (κ1) is 16.4. The van der Waals surface area contributed by atoms with Gasteiger partial charge in [-0.15, -0.1) is 0 Å². The van der Waals surface area contributed by atoms with E-state index in [0.717, 1.165) is 41.0 Å². The van der Waals surface area contributed by atoms with Crippen molar-refractivity contribution >= 4 is 22.0 Å². The van der Waals surface area contributed by atoms with Crippen molar-refractivity contribution in [1.29, 1.82) is 0 Å². The van der Waals surface area contributed by atoms with Gasteiger partial charge in [-0.05, 0) is 52.5 Å². The fourth-order valence-electron chi connectivity index (χ4n) is 2.26. The second-order valence-electron chi connectivity index (χ2n) is 5.58. The molecule has 1 aromatic rings. The fraction of sp³-hybridized carbons (Fsp3) is 0.529. The highest BCUT2D eigenvalue weighted by Crippen LogP contribution is 2.39. The van der Waals surface area contributed by atoms with E-state index in [9.17, 15) is 0 Å². The van der Waals surface area contributed by atoms with Gasteiger partial charge in [-0.2, -0.15) is 0 Å². The largest absolute Gasteiger partial charge is 0.486 e. The molecule has 0 atom stereocenters. The molecule has 0 aliphatic carbocycles. The Hall–Kier alpha value is -1.00. The molecule has 1 heterocycles. The molecule has 0 radical (unpaired) electrons. The first-order chi connectivity index (χ1) is 10.1. The number of rotatable bonds is 6. The van der Waals surface area contributed by atoms with E-state index in [2.05, 4.69) is 60.2 Å². The molecule has 0 bridgehead atoms. The van der Waals surface area contributed by atoms with Gasteiger partial charge in [-0.1, -0.05) is 32.4 Å².